The van der Waals surface area contributed by atoms with E-state index in [1.807, 2.05) is 26.0 Å². The third-order valence-electron chi connectivity index (χ3n) is 5.55. The van der Waals surface area contributed by atoms with E-state index >= 15 is 0 Å². The Morgan fingerprint density at radius 3 is 2.48 bits per heavy atom. The highest BCUT2D eigenvalue weighted by molar-refractivity contribution is 5.98. The number of anilines is 1. The van der Waals surface area contributed by atoms with Crippen molar-refractivity contribution < 1.29 is 14.3 Å². The average Bonchev–Trinajstić information content (AvgIpc) is 2.76. The van der Waals surface area contributed by atoms with Gasteiger partial charge < -0.3 is 20.7 Å². The van der Waals surface area contributed by atoms with Crippen LogP contribution >= 0.6 is 0 Å². The molecule has 6 nitrogen and oxygen atoms in total. The maximum absolute atomic E-state index is 12.9. The van der Waals surface area contributed by atoms with E-state index in [0.717, 1.165) is 12.2 Å². The van der Waals surface area contributed by atoms with Crippen LogP contribution in [0.4, 0.5) is 5.69 Å². The largest absolute Gasteiger partial charge is 0.497 e. The van der Waals surface area contributed by atoms with E-state index in [-0.39, 0.29) is 23.8 Å². The van der Waals surface area contributed by atoms with E-state index < -0.39 is 6.04 Å². The highest BCUT2D eigenvalue weighted by Gasteiger charge is 2.30. The second-order valence-electron chi connectivity index (χ2n) is 7.50. The molecule has 154 valence electrons. The summed E-state index contributed by atoms with van der Waals surface area (Å²) in [5, 5.41) is 9.16. The number of rotatable bonds is 7. The molecule has 0 aliphatic carbocycles. The van der Waals surface area contributed by atoms with Crippen LogP contribution in [0.2, 0.25) is 0 Å². The van der Waals surface area contributed by atoms with E-state index in [2.05, 4.69) is 28.1 Å². The number of nitrogens with one attached hydrogen (secondary N) is 3. The molecule has 0 fully saturated rings. The van der Waals surface area contributed by atoms with Crippen molar-refractivity contribution in [2.24, 2.45) is 5.92 Å². The predicted molar refractivity (Wildman–Crippen MR) is 114 cm³/mol. The van der Waals surface area contributed by atoms with Crippen molar-refractivity contribution in [1.29, 1.82) is 0 Å². The van der Waals surface area contributed by atoms with Crippen molar-refractivity contribution >= 4 is 17.5 Å². The second kappa shape index (κ2) is 9.56. The molecule has 1 aliphatic heterocycles. The minimum Gasteiger partial charge on any atom is -0.497 e. The Morgan fingerprint density at radius 2 is 1.83 bits per heavy atom. The summed E-state index contributed by atoms with van der Waals surface area (Å²) in [7, 11) is 1.60. The van der Waals surface area contributed by atoms with E-state index in [9.17, 15) is 9.59 Å². The third-order valence-corrected chi connectivity index (χ3v) is 5.55. The van der Waals surface area contributed by atoms with Crippen molar-refractivity contribution in [2.75, 3.05) is 12.4 Å². The summed E-state index contributed by atoms with van der Waals surface area (Å²) in [4.78, 5) is 25.8. The molecule has 0 spiro atoms. The smallest absolute Gasteiger partial charge is 0.247 e. The summed E-state index contributed by atoms with van der Waals surface area (Å²) in [5.74, 6) is 0.371. The zero-order valence-electron chi connectivity index (χ0n) is 17.2. The number of ether oxygens (including phenoxy) is 1. The molecule has 2 aromatic carbocycles. The van der Waals surface area contributed by atoms with Gasteiger partial charge >= 0.3 is 0 Å². The van der Waals surface area contributed by atoms with Crippen molar-refractivity contribution in [2.45, 2.75) is 45.3 Å². The van der Waals surface area contributed by atoms with Crippen LogP contribution in [-0.4, -0.2) is 31.0 Å². The number of carbonyl (C=O) groups is 2. The standard InChI is InChI=1S/C23H29N3O3/c1-4-15(2)21(23(28)25-18-9-11-19(29-3)12-10-18)26-22(27)20-13-16-7-5-6-8-17(16)14-24-20/h5-12,15,20-21,24H,4,13-14H2,1-3H3,(H,25,28)(H,26,27)/t15?,20-,21-/m0/s1. The average molecular weight is 396 g/mol. The molecule has 0 aromatic heterocycles. The van der Waals surface area contributed by atoms with Gasteiger partial charge in [0.25, 0.3) is 0 Å². The monoisotopic (exact) mass is 395 g/mol. The molecule has 2 amide bonds. The van der Waals surface area contributed by atoms with Gasteiger partial charge in [-0.1, -0.05) is 44.5 Å². The molecule has 3 N–H and O–H groups in total. The Hall–Kier alpha value is -2.86. The lowest BCUT2D eigenvalue weighted by atomic mass is 9.94. The maximum atomic E-state index is 12.9. The maximum Gasteiger partial charge on any atom is 0.247 e. The Morgan fingerprint density at radius 1 is 1.14 bits per heavy atom. The number of hydrogen-bond acceptors (Lipinski definition) is 4. The van der Waals surface area contributed by atoms with Crippen LogP contribution in [0.1, 0.15) is 31.4 Å². The van der Waals surface area contributed by atoms with Crippen molar-refractivity contribution in [3.8, 4) is 5.75 Å². The van der Waals surface area contributed by atoms with Gasteiger partial charge in [-0.3, -0.25) is 9.59 Å². The Balaban J connectivity index is 1.66. The Labute approximate surface area is 172 Å². The van der Waals surface area contributed by atoms with E-state index in [4.69, 9.17) is 4.74 Å². The lowest BCUT2D eigenvalue weighted by Crippen LogP contribution is -2.55. The topological polar surface area (TPSA) is 79.5 Å². The van der Waals surface area contributed by atoms with Crippen LogP contribution in [0, 0.1) is 5.92 Å². The number of hydrogen-bond donors (Lipinski definition) is 3. The molecule has 1 aliphatic rings. The van der Waals surface area contributed by atoms with Crippen LogP contribution < -0.4 is 20.7 Å². The summed E-state index contributed by atoms with van der Waals surface area (Å²) in [6.45, 7) is 4.64. The SMILES string of the molecule is CCC(C)[C@H](NC(=O)[C@@H]1Cc2ccccc2CN1)C(=O)Nc1ccc(OC)cc1. The molecule has 6 heteroatoms. The van der Waals surface area contributed by atoms with E-state index in [0.29, 0.717) is 18.7 Å². The zero-order valence-corrected chi connectivity index (χ0v) is 17.2. The fourth-order valence-corrected chi connectivity index (χ4v) is 3.49. The fraction of sp³-hybridized carbons (Fsp3) is 0.391. The predicted octanol–water partition coefficient (Wildman–Crippen LogP) is 2.88. The van der Waals surface area contributed by atoms with Gasteiger partial charge in [0.1, 0.15) is 11.8 Å². The highest BCUT2D eigenvalue weighted by atomic mass is 16.5. The van der Waals surface area contributed by atoms with Crippen LogP contribution in [0.5, 0.6) is 5.75 Å². The summed E-state index contributed by atoms with van der Waals surface area (Å²) in [6, 6.07) is 14.3. The van der Waals surface area contributed by atoms with Crippen molar-refractivity contribution in [3.05, 3.63) is 59.7 Å². The van der Waals surface area contributed by atoms with Crippen molar-refractivity contribution in [3.63, 3.8) is 0 Å². The first-order chi connectivity index (χ1) is 14.0. The molecule has 2 aromatic rings. The molecule has 0 saturated carbocycles. The zero-order chi connectivity index (χ0) is 20.8. The van der Waals surface area contributed by atoms with Gasteiger partial charge in [-0.15, -0.1) is 0 Å². The van der Waals surface area contributed by atoms with Gasteiger partial charge in [-0.2, -0.15) is 0 Å². The number of amides is 2. The highest BCUT2D eigenvalue weighted by Crippen LogP contribution is 2.19. The van der Waals surface area contributed by atoms with Gasteiger partial charge in [-0.25, -0.2) is 0 Å². The van der Waals surface area contributed by atoms with Gasteiger partial charge in [0.05, 0.1) is 13.2 Å². The molecular weight excluding hydrogens is 366 g/mol. The van der Waals surface area contributed by atoms with Crippen LogP contribution in [0.15, 0.2) is 48.5 Å². The van der Waals surface area contributed by atoms with Crippen LogP contribution in [-0.2, 0) is 22.6 Å². The van der Waals surface area contributed by atoms with Crippen molar-refractivity contribution in [1.82, 2.24) is 10.6 Å². The van der Waals surface area contributed by atoms with E-state index in [1.165, 1.54) is 11.1 Å². The lowest BCUT2D eigenvalue weighted by Gasteiger charge is -2.29. The summed E-state index contributed by atoms with van der Waals surface area (Å²) < 4.78 is 5.15. The van der Waals surface area contributed by atoms with Crippen LogP contribution in [0.25, 0.3) is 0 Å². The summed E-state index contributed by atoms with van der Waals surface area (Å²) in [6.07, 6.45) is 1.40. The number of carbonyl (C=O) groups excluding carboxylic acids is 2. The summed E-state index contributed by atoms with van der Waals surface area (Å²) >= 11 is 0. The van der Waals surface area contributed by atoms with Gasteiger partial charge in [-0.05, 0) is 47.7 Å². The van der Waals surface area contributed by atoms with Gasteiger partial charge in [0, 0.05) is 12.2 Å². The molecule has 0 radical (unpaired) electrons. The normalized spacial score (nSPS) is 17.6. The molecule has 1 unspecified atom stereocenters. The quantitative estimate of drug-likeness (QED) is 0.674. The molecule has 3 atom stereocenters. The first kappa shape index (κ1) is 20.9. The summed E-state index contributed by atoms with van der Waals surface area (Å²) in [5.41, 5.74) is 3.06. The number of methoxy groups -OCH3 is 1. The lowest BCUT2D eigenvalue weighted by molar-refractivity contribution is -0.129. The number of benzene rings is 2. The first-order valence-electron chi connectivity index (χ1n) is 10.1. The Bertz CT molecular complexity index is 851. The van der Waals surface area contributed by atoms with Gasteiger partial charge in [0.15, 0.2) is 0 Å². The molecule has 29 heavy (non-hydrogen) atoms. The minimum atomic E-state index is -0.603. The molecular formula is C23H29N3O3. The minimum absolute atomic E-state index is 0.00748. The first-order valence-corrected chi connectivity index (χ1v) is 10.1. The van der Waals surface area contributed by atoms with Crippen LogP contribution in [0.3, 0.4) is 0 Å². The molecule has 3 rings (SSSR count). The number of fused-ring (bicyclic) bond motifs is 1. The molecule has 1 heterocycles. The molecule has 0 bridgehead atoms. The van der Waals surface area contributed by atoms with Gasteiger partial charge in [0.2, 0.25) is 11.8 Å². The third kappa shape index (κ3) is 5.15. The Kier molecular flexibility index (Phi) is 6.88. The van der Waals surface area contributed by atoms with E-state index in [1.54, 1.807) is 31.4 Å². The fourth-order valence-electron chi connectivity index (χ4n) is 3.49. The molecule has 0 saturated heterocycles. The second-order valence-corrected chi connectivity index (χ2v) is 7.50.